The van der Waals surface area contributed by atoms with Crippen molar-refractivity contribution < 1.29 is 9.90 Å². The van der Waals surface area contributed by atoms with Gasteiger partial charge in [0.05, 0.1) is 5.56 Å². The molecule has 0 bridgehead atoms. The number of aromatic nitrogens is 3. The monoisotopic (exact) mass is 253 g/mol. The molecule has 0 saturated carbocycles. The number of carboxylic acids is 1. The summed E-state index contributed by atoms with van der Waals surface area (Å²) >= 11 is 2.69. The van der Waals surface area contributed by atoms with Gasteiger partial charge in [0, 0.05) is 17.3 Å². The maximum absolute atomic E-state index is 10.9. The molecule has 1 N–H and O–H groups in total. The topological polar surface area (TPSA) is 76.0 Å². The summed E-state index contributed by atoms with van der Waals surface area (Å²) in [6, 6.07) is 1.47. The second-order valence-corrected chi connectivity index (χ2v) is 5.34. The van der Waals surface area contributed by atoms with E-state index >= 15 is 0 Å². The zero-order valence-corrected chi connectivity index (χ0v) is 9.88. The van der Waals surface area contributed by atoms with Crippen molar-refractivity contribution in [1.29, 1.82) is 0 Å². The van der Waals surface area contributed by atoms with E-state index in [2.05, 4.69) is 15.2 Å². The molecule has 82 valence electrons. The van der Waals surface area contributed by atoms with Gasteiger partial charge in [-0.1, -0.05) is 23.1 Å². The zero-order valence-electron chi connectivity index (χ0n) is 8.25. The average molecular weight is 253 g/mol. The molecule has 0 aliphatic rings. The second kappa shape index (κ2) is 4.58. The first kappa shape index (κ1) is 11.0. The minimum absolute atomic E-state index is 0.229. The van der Waals surface area contributed by atoms with Crippen molar-refractivity contribution in [3.05, 3.63) is 29.0 Å². The van der Waals surface area contributed by atoms with E-state index in [-0.39, 0.29) is 5.56 Å². The number of pyridine rings is 1. The molecule has 0 aliphatic carbocycles. The molecule has 2 rings (SSSR count). The normalized spacial score (nSPS) is 10.3. The molecule has 0 aliphatic heterocycles. The first-order valence-electron chi connectivity index (χ1n) is 4.32. The van der Waals surface area contributed by atoms with Crippen molar-refractivity contribution in [3.63, 3.8) is 0 Å². The molecule has 2 aromatic rings. The van der Waals surface area contributed by atoms with Crippen molar-refractivity contribution >= 4 is 29.1 Å². The summed E-state index contributed by atoms with van der Waals surface area (Å²) in [6.07, 6.45) is 2.98. The van der Waals surface area contributed by atoms with Crippen LogP contribution < -0.4 is 0 Å². The fraction of sp³-hybridized carbons (Fsp3) is 0.111. The van der Waals surface area contributed by atoms with E-state index in [0.717, 1.165) is 5.01 Å². The Hall–Kier alpha value is -1.47. The third-order valence-corrected chi connectivity index (χ3v) is 3.65. The van der Waals surface area contributed by atoms with Crippen LogP contribution in [-0.4, -0.2) is 26.3 Å². The Balaban J connectivity index is 2.31. The summed E-state index contributed by atoms with van der Waals surface area (Å²) in [5.74, 6) is -0.967. The number of hydrogen-bond acceptors (Lipinski definition) is 6. The summed E-state index contributed by atoms with van der Waals surface area (Å²) in [4.78, 5) is 15.4. The highest BCUT2D eigenvalue weighted by molar-refractivity contribution is 8.01. The number of hydrogen-bond donors (Lipinski definition) is 1. The zero-order chi connectivity index (χ0) is 11.5. The van der Waals surface area contributed by atoms with Gasteiger partial charge in [-0.15, -0.1) is 10.2 Å². The highest BCUT2D eigenvalue weighted by atomic mass is 32.2. The van der Waals surface area contributed by atoms with Crippen molar-refractivity contribution in [2.24, 2.45) is 0 Å². The van der Waals surface area contributed by atoms with Gasteiger partial charge < -0.3 is 5.11 Å². The van der Waals surface area contributed by atoms with Crippen LogP contribution in [0.2, 0.25) is 0 Å². The minimum Gasteiger partial charge on any atom is -0.478 e. The summed E-state index contributed by atoms with van der Waals surface area (Å²) in [7, 11) is 0. The van der Waals surface area contributed by atoms with Crippen LogP contribution in [0.25, 0.3) is 0 Å². The molecule has 0 aromatic carbocycles. The van der Waals surface area contributed by atoms with Crippen LogP contribution in [0.1, 0.15) is 15.4 Å². The molecule has 0 fully saturated rings. The average Bonchev–Trinajstić information content (AvgIpc) is 2.64. The molecule has 2 heterocycles. The molecular formula is C9H7N3O2S2. The van der Waals surface area contributed by atoms with Gasteiger partial charge in [-0.3, -0.25) is 4.98 Å². The minimum atomic E-state index is -0.967. The van der Waals surface area contributed by atoms with Gasteiger partial charge in [0.15, 0.2) is 4.34 Å². The molecule has 7 heteroatoms. The van der Waals surface area contributed by atoms with E-state index in [1.165, 1.54) is 41.6 Å². The lowest BCUT2D eigenvalue weighted by Crippen LogP contribution is -1.98. The fourth-order valence-corrected chi connectivity index (χ4v) is 2.91. The fourth-order valence-electron chi connectivity index (χ4n) is 1.05. The Labute approximate surface area is 99.6 Å². The van der Waals surface area contributed by atoms with E-state index in [1.54, 1.807) is 0 Å². The molecule has 2 aromatic heterocycles. The number of carboxylic acid groups (broad SMARTS) is 1. The Morgan fingerprint density at radius 3 is 2.94 bits per heavy atom. The molecule has 0 spiro atoms. The smallest absolute Gasteiger partial charge is 0.336 e. The second-order valence-electron chi connectivity index (χ2n) is 2.87. The number of carbonyl (C=O) groups is 1. The maximum Gasteiger partial charge on any atom is 0.336 e. The standard InChI is InChI=1S/C9H7N3O2S2/c1-5-11-12-9(15-5)16-7-4-10-3-2-6(7)8(13)14/h2-4H,1H3,(H,13,14). The summed E-state index contributed by atoms with van der Waals surface area (Å²) in [6.45, 7) is 1.85. The summed E-state index contributed by atoms with van der Waals surface area (Å²) < 4.78 is 0.716. The van der Waals surface area contributed by atoms with Crippen LogP contribution in [0.5, 0.6) is 0 Å². The predicted molar refractivity (Wildman–Crippen MR) is 60.0 cm³/mol. The third kappa shape index (κ3) is 2.37. The lowest BCUT2D eigenvalue weighted by Gasteiger charge is -2.00. The lowest BCUT2D eigenvalue weighted by atomic mass is 10.3. The van der Waals surface area contributed by atoms with Crippen LogP contribution in [0, 0.1) is 6.92 Å². The van der Waals surface area contributed by atoms with Gasteiger partial charge in [0.25, 0.3) is 0 Å². The number of aromatic carboxylic acids is 1. The van der Waals surface area contributed by atoms with Gasteiger partial charge in [0.2, 0.25) is 0 Å². The number of rotatable bonds is 3. The molecule has 5 nitrogen and oxygen atoms in total. The van der Waals surface area contributed by atoms with E-state index in [9.17, 15) is 4.79 Å². The Morgan fingerprint density at radius 1 is 1.50 bits per heavy atom. The van der Waals surface area contributed by atoms with E-state index in [0.29, 0.717) is 9.24 Å². The highest BCUT2D eigenvalue weighted by Crippen LogP contribution is 2.31. The molecule has 0 unspecified atom stereocenters. The Morgan fingerprint density at radius 2 is 2.31 bits per heavy atom. The van der Waals surface area contributed by atoms with Gasteiger partial charge in [-0.25, -0.2) is 4.79 Å². The summed E-state index contributed by atoms with van der Waals surface area (Å²) in [5, 5.41) is 17.6. The van der Waals surface area contributed by atoms with Crippen molar-refractivity contribution in [2.45, 2.75) is 16.2 Å². The number of nitrogens with zero attached hydrogens (tertiary/aromatic N) is 3. The van der Waals surface area contributed by atoms with Gasteiger partial charge in [-0.2, -0.15) is 0 Å². The molecule has 0 radical (unpaired) electrons. The first-order chi connectivity index (χ1) is 7.66. The first-order valence-corrected chi connectivity index (χ1v) is 5.95. The van der Waals surface area contributed by atoms with Gasteiger partial charge in [0.1, 0.15) is 5.01 Å². The van der Waals surface area contributed by atoms with Crippen molar-refractivity contribution in [3.8, 4) is 0 Å². The van der Waals surface area contributed by atoms with Crippen LogP contribution in [-0.2, 0) is 0 Å². The molecule has 16 heavy (non-hydrogen) atoms. The van der Waals surface area contributed by atoms with Crippen LogP contribution in [0.4, 0.5) is 0 Å². The Bertz CT molecular complexity index is 527. The third-order valence-electron chi connectivity index (χ3n) is 1.72. The molecular weight excluding hydrogens is 246 g/mol. The maximum atomic E-state index is 10.9. The largest absolute Gasteiger partial charge is 0.478 e. The van der Waals surface area contributed by atoms with E-state index < -0.39 is 5.97 Å². The van der Waals surface area contributed by atoms with E-state index in [4.69, 9.17) is 5.11 Å². The van der Waals surface area contributed by atoms with Gasteiger partial charge in [-0.05, 0) is 13.0 Å². The van der Waals surface area contributed by atoms with E-state index in [1.807, 2.05) is 6.92 Å². The SMILES string of the molecule is Cc1nnc(Sc2cnccc2C(=O)O)s1. The quantitative estimate of drug-likeness (QED) is 0.902. The predicted octanol–water partition coefficient (Wildman–Crippen LogP) is 2.09. The number of aryl methyl sites for hydroxylation is 1. The summed E-state index contributed by atoms with van der Waals surface area (Å²) in [5.41, 5.74) is 0.229. The van der Waals surface area contributed by atoms with Crippen LogP contribution >= 0.6 is 23.1 Å². The molecule has 0 amide bonds. The van der Waals surface area contributed by atoms with Gasteiger partial charge >= 0.3 is 5.97 Å². The van der Waals surface area contributed by atoms with Crippen molar-refractivity contribution in [1.82, 2.24) is 15.2 Å². The van der Waals surface area contributed by atoms with Crippen molar-refractivity contribution in [2.75, 3.05) is 0 Å². The molecule has 0 saturated heterocycles. The van der Waals surface area contributed by atoms with Crippen LogP contribution in [0.3, 0.4) is 0 Å². The molecule has 0 atom stereocenters. The highest BCUT2D eigenvalue weighted by Gasteiger charge is 2.12. The lowest BCUT2D eigenvalue weighted by molar-refractivity contribution is 0.0693. The Kier molecular flexibility index (Phi) is 3.16. The van der Waals surface area contributed by atoms with Crippen LogP contribution in [0.15, 0.2) is 27.7 Å².